The minimum atomic E-state index is -1.37. The Hall–Kier alpha value is -3.02. The number of aliphatic carboxylic acids is 2. The van der Waals surface area contributed by atoms with Crippen LogP contribution in [0.15, 0.2) is 41.8 Å². The molecule has 180 valence electrons. The molecule has 0 unspecified atom stereocenters. The van der Waals surface area contributed by atoms with E-state index in [0.717, 1.165) is 14.6 Å². The van der Waals surface area contributed by atoms with Crippen molar-refractivity contribution in [2.45, 2.75) is 44.7 Å². The zero-order chi connectivity index (χ0) is 24.9. The number of nitrogens with one attached hydrogen (secondary N) is 2. The number of thiophene rings is 3. The molecule has 0 aromatic carbocycles. The van der Waals surface area contributed by atoms with Gasteiger partial charge in [-0.15, -0.1) is 34.0 Å². The van der Waals surface area contributed by atoms with E-state index in [4.69, 9.17) is 5.11 Å². The van der Waals surface area contributed by atoms with Gasteiger partial charge in [0.25, 0.3) is 5.91 Å². The van der Waals surface area contributed by atoms with Crippen LogP contribution in [0.2, 0.25) is 0 Å². The summed E-state index contributed by atoms with van der Waals surface area (Å²) in [6.07, 6.45) is -0.447. The number of hydrogen-bond donors (Lipinski definition) is 4. The Morgan fingerprint density at radius 1 is 0.971 bits per heavy atom. The lowest BCUT2D eigenvalue weighted by Gasteiger charge is -2.29. The fourth-order valence-electron chi connectivity index (χ4n) is 3.07. The average Bonchev–Trinajstić information content (AvgIpc) is 3.55. The van der Waals surface area contributed by atoms with Gasteiger partial charge >= 0.3 is 11.9 Å². The number of rotatable bonds is 11. The molecule has 2 amide bonds. The summed E-state index contributed by atoms with van der Waals surface area (Å²) in [5.41, 5.74) is -1.37. The largest absolute Gasteiger partial charge is 0.481 e. The van der Waals surface area contributed by atoms with E-state index < -0.39 is 41.8 Å². The van der Waals surface area contributed by atoms with Gasteiger partial charge in [0.15, 0.2) is 0 Å². The molecule has 3 aromatic rings. The first-order valence-electron chi connectivity index (χ1n) is 10.4. The molecule has 0 radical (unpaired) electrons. The Bertz CT molecular complexity index is 1180. The van der Waals surface area contributed by atoms with Crippen LogP contribution in [0.4, 0.5) is 0 Å². The van der Waals surface area contributed by atoms with Gasteiger partial charge in [-0.2, -0.15) is 0 Å². The lowest BCUT2D eigenvalue weighted by Crippen LogP contribution is -2.59. The highest BCUT2D eigenvalue weighted by Gasteiger charge is 2.36. The van der Waals surface area contributed by atoms with Crippen molar-refractivity contribution >= 4 is 57.8 Å². The second-order valence-corrected chi connectivity index (χ2v) is 10.9. The van der Waals surface area contributed by atoms with Crippen LogP contribution in [0, 0.1) is 0 Å². The number of carboxylic acids is 2. The van der Waals surface area contributed by atoms with E-state index in [9.17, 15) is 24.3 Å². The summed E-state index contributed by atoms with van der Waals surface area (Å²) in [4.78, 5) is 52.7. The van der Waals surface area contributed by atoms with Gasteiger partial charge in [0.05, 0.1) is 4.88 Å². The maximum atomic E-state index is 12.9. The number of hydrogen-bond acceptors (Lipinski definition) is 7. The molecular weight excluding hydrogens is 496 g/mol. The van der Waals surface area contributed by atoms with Crippen molar-refractivity contribution in [3.63, 3.8) is 0 Å². The van der Waals surface area contributed by atoms with Crippen molar-refractivity contribution in [3.05, 3.63) is 46.7 Å². The number of carbonyl (C=O) groups is 4. The number of carbonyl (C=O) groups excluding carboxylic acids is 2. The lowest BCUT2D eigenvalue weighted by molar-refractivity contribution is -0.144. The van der Waals surface area contributed by atoms with E-state index in [1.807, 2.05) is 29.6 Å². The molecule has 34 heavy (non-hydrogen) atoms. The Balaban J connectivity index is 1.69. The predicted octanol–water partition coefficient (Wildman–Crippen LogP) is 4.54. The highest BCUT2D eigenvalue weighted by Crippen LogP contribution is 2.39. The van der Waals surface area contributed by atoms with Crippen molar-refractivity contribution in [1.82, 2.24) is 10.6 Å². The van der Waals surface area contributed by atoms with E-state index in [1.165, 1.54) is 23.1 Å². The molecule has 3 heterocycles. The molecule has 4 N–H and O–H groups in total. The van der Waals surface area contributed by atoms with Crippen LogP contribution >= 0.6 is 34.0 Å². The van der Waals surface area contributed by atoms with Gasteiger partial charge in [-0.25, -0.2) is 4.79 Å². The summed E-state index contributed by atoms with van der Waals surface area (Å²) in [6, 6.07) is 10.3. The predicted molar refractivity (Wildman–Crippen MR) is 134 cm³/mol. The summed E-state index contributed by atoms with van der Waals surface area (Å²) >= 11 is 4.61. The second kappa shape index (κ2) is 10.9. The molecule has 0 spiro atoms. The van der Waals surface area contributed by atoms with Crippen LogP contribution in [0.5, 0.6) is 0 Å². The molecule has 2 atom stereocenters. The summed E-state index contributed by atoms with van der Waals surface area (Å²) < 4.78 is 0. The van der Waals surface area contributed by atoms with Gasteiger partial charge in [0.1, 0.15) is 11.6 Å². The number of carboxylic acid groups (broad SMARTS) is 2. The quantitative estimate of drug-likeness (QED) is 0.293. The normalized spacial score (nSPS) is 13.6. The van der Waals surface area contributed by atoms with Crippen molar-refractivity contribution in [1.29, 1.82) is 0 Å². The maximum Gasteiger partial charge on any atom is 0.326 e. The van der Waals surface area contributed by atoms with Crippen molar-refractivity contribution in [3.8, 4) is 19.5 Å². The zero-order valence-electron chi connectivity index (χ0n) is 18.5. The maximum absolute atomic E-state index is 12.9. The van der Waals surface area contributed by atoms with E-state index in [-0.39, 0.29) is 12.8 Å². The first kappa shape index (κ1) is 25.6. The van der Waals surface area contributed by atoms with Crippen LogP contribution in [0.25, 0.3) is 19.5 Å². The summed E-state index contributed by atoms with van der Waals surface area (Å²) in [6.45, 7) is 3.21. The van der Waals surface area contributed by atoms with Gasteiger partial charge < -0.3 is 20.8 Å². The van der Waals surface area contributed by atoms with Crippen LogP contribution in [0.3, 0.4) is 0 Å². The van der Waals surface area contributed by atoms with Crippen LogP contribution < -0.4 is 10.6 Å². The van der Waals surface area contributed by atoms with Crippen molar-refractivity contribution in [2.24, 2.45) is 0 Å². The highest BCUT2D eigenvalue weighted by molar-refractivity contribution is 7.26. The van der Waals surface area contributed by atoms with Crippen LogP contribution in [0.1, 0.15) is 42.8 Å². The third-order valence-corrected chi connectivity index (χ3v) is 8.72. The fraction of sp³-hybridized carbons (Fsp3) is 0.304. The lowest BCUT2D eigenvalue weighted by atomic mass is 9.96. The molecular formula is C23H24N2O6S3. The Morgan fingerprint density at radius 2 is 1.62 bits per heavy atom. The molecule has 0 fully saturated rings. The minimum absolute atomic E-state index is 0.211. The molecule has 0 aliphatic carbocycles. The van der Waals surface area contributed by atoms with E-state index in [1.54, 1.807) is 35.7 Å². The molecule has 0 saturated heterocycles. The van der Waals surface area contributed by atoms with Gasteiger partial charge in [-0.05, 0) is 55.5 Å². The topological polar surface area (TPSA) is 133 Å². The Morgan fingerprint density at radius 3 is 2.21 bits per heavy atom. The van der Waals surface area contributed by atoms with E-state index in [0.29, 0.717) is 4.88 Å². The highest BCUT2D eigenvalue weighted by atomic mass is 32.1. The Kier molecular flexibility index (Phi) is 8.24. The van der Waals surface area contributed by atoms with Crippen molar-refractivity contribution in [2.75, 3.05) is 0 Å². The monoisotopic (exact) mass is 520 g/mol. The smallest absolute Gasteiger partial charge is 0.326 e. The van der Waals surface area contributed by atoms with E-state index in [2.05, 4.69) is 16.7 Å². The fourth-order valence-corrected chi connectivity index (χ4v) is 5.91. The Labute approximate surface area is 208 Å². The third kappa shape index (κ3) is 6.10. The molecule has 0 saturated carbocycles. The van der Waals surface area contributed by atoms with Gasteiger partial charge in [-0.3, -0.25) is 14.4 Å². The third-order valence-electron chi connectivity index (χ3n) is 5.29. The van der Waals surface area contributed by atoms with Crippen LogP contribution in [-0.4, -0.2) is 45.5 Å². The summed E-state index contributed by atoms with van der Waals surface area (Å²) in [5, 5.41) is 25.2. The number of amides is 2. The van der Waals surface area contributed by atoms with Gasteiger partial charge in [0, 0.05) is 25.9 Å². The van der Waals surface area contributed by atoms with Gasteiger partial charge in [0.2, 0.25) is 5.91 Å². The molecule has 3 rings (SSSR count). The minimum Gasteiger partial charge on any atom is -0.481 e. The standard InChI is InChI=1S/C23H24N2O6S3/c1-3-23(2,22(31)24-13(21(29)30)6-11-19(26)27)25-20(28)18-10-9-17(34-18)16-8-7-15(33-16)14-5-4-12-32-14/h4-5,7-10,12-13H,3,6,11H2,1-2H3,(H,24,31)(H,25,28)(H,26,27)(H,29,30)/t13-,23-/m0/s1. The first-order valence-corrected chi connectivity index (χ1v) is 13.0. The van der Waals surface area contributed by atoms with E-state index >= 15 is 0 Å². The SMILES string of the molecule is CC[C@](C)(NC(=O)c1ccc(-c2ccc(-c3cccs3)s2)s1)C(=O)N[C@@H](CCC(=O)O)C(=O)O. The second-order valence-electron chi connectivity index (χ2n) is 7.74. The molecule has 0 aliphatic heterocycles. The molecule has 0 aliphatic rings. The first-order chi connectivity index (χ1) is 16.1. The molecule has 8 nitrogen and oxygen atoms in total. The van der Waals surface area contributed by atoms with Crippen LogP contribution in [-0.2, 0) is 14.4 Å². The molecule has 3 aromatic heterocycles. The summed E-state index contributed by atoms with van der Waals surface area (Å²) in [7, 11) is 0. The zero-order valence-corrected chi connectivity index (χ0v) is 20.9. The average molecular weight is 521 g/mol. The van der Waals surface area contributed by atoms with Gasteiger partial charge in [-0.1, -0.05) is 13.0 Å². The van der Waals surface area contributed by atoms with Crippen molar-refractivity contribution < 1.29 is 29.4 Å². The summed E-state index contributed by atoms with van der Waals surface area (Å²) in [5.74, 6) is -3.62. The molecule has 0 bridgehead atoms. The molecule has 11 heteroatoms.